The van der Waals surface area contributed by atoms with Crippen LogP contribution in [0.25, 0.3) is 0 Å². The molecule has 3 rings (SSSR count). The lowest BCUT2D eigenvalue weighted by molar-refractivity contribution is -0.156. The van der Waals surface area contributed by atoms with Crippen molar-refractivity contribution in [2.75, 3.05) is 19.0 Å². The van der Waals surface area contributed by atoms with Gasteiger partial charge in [-0.2, -0.15) is 0 Å². The normalized spacial score (nSPS) is 19.1. The fourth-order valence-corrected chi connectivity index (χ4v) is 3.32. The smallest absolute Gasteiger partial charge is 0.262 e. The van der Waals surface area contributed by atoms with Crippen molar-refractivity contribution in [1.29, 1.82) is 0 Å². The third kappa shape index (κ3) is 3.79. The van der Waals surface area contributed by atoms with E-state index in [4.69, 9.17) is 23.2 Å². The average molecular weight is 392 g/mol. The van der Waals surface area contributed by atoms with Crippen molar-refractivity contribution in [1.82, 2.24) is 10.4 Å². The maximum atomic E-state index is 12.3. The van der Waals surface area contributed by atoms with Gasteiger partial charge in [0.2, 0.25) is 5.91 Å². The number of rotatable bonds is 5. The zero-order valence-electron chi connectivity index (χ0n) is 14.4. The summed E-state index contributed by atoms with van der Waals surface area (Å²) >= 11 is 12.0. The van der Waals surface area contributed by atoms with Crippen molar-refractivity contribution in [3.63, 3.8) is 0 Å². The second kappa shape index (κ2) is 7.56. The van der Waals surface area contributed by atoms with Crippen LogP contribution in [-0.2, 0) is 16.0 Å². The van der Waals surface area contributed by atoms with Gasteiger partial charge in [-0.15, -0.1) is 11.6 Å². The van der Waals surface area contributed by atoms with E-state index in [0.717, 1.165) is 16.8 Å². The minimum atomic E-state index is -0.684. The second-order valence-electron chi connectivity index (χ2n) is 6.38. The molecule has 2 aromatic rings. The fraction of sp³-hybridized carbons (Fsp3) is 0.263. The van der Waals surface area contributed by atoms with Crippen molar-refractivity contribution in [3.8, 4) is 0 Å². The van der Waals surface area contributed by atoms with E-state index in [1.54, 1.807) is 24.3 Å². The number of hydrogen-bond donors (Lipinski definition) is 1. The molecule has 5 nitrogen and oxygen atoms in total. The Morgan fingerprint density at radius 2 is 1.73 bits per heavy atom. The molecule has 2 amide bonds. The van der Waals surface area contributed by atoms with E-state index < -0.39 is 5.38 Å². The van der Waals surface area contributed by atoms with Crippen molar-refractivity contribution in [3.05, 3.63) is 64.7 Å². The molecular formula is C19H19Cl2N3O2. The monoisotopic (exact) mass is 391 g/mol. The number of carbonyl (C=O) groups is 2. The molecule has 26 heavy (non-hydrogen) atoms. The topological polar surface area (TPSA) is 52.7 Å². The van der Waals surface area contributed by atoms with Gasteiger partial charge >= 0.3 is 0 Å². The van der Waals surface area contributed by atoms with Crippen LogP contribution < -0.4 is 10.3 Å². The molecule has 0 aliphatic carbocycles. The molecule has 0 saturated carbocycles. The van der Waals surface area contributed by atoms with Crippen molar-refractivity contribution in [2.24, 2.45) is 0 Å². The first-order valence-electron chi connectivity index (χ1n) is 8.15. The molecule has 0 aromatic heterocycles. The predicted octanol–water partition coefficient (Wildman–Crippen LogP) is 3.17. The van der Waals surface area contributed by atoms with Gasteiger partial charge in [0.15, 0.2) is 0 Å². The SMILES string of the molecule is CN(C)c1ccc(C2C(Cl)C(=O)N2NC(=O)Cc2ccc(Cl)cc2)cc1. The number of hydrazine groups is 1. The molecule has 0 spiro atoms. The highest BCUT2D eigenvalue weighted by Crippen LogP contribution is 2.37. The van der Waals surface area contributed by atoms with Gasteiger partial charge < -0.3 is 4.90 Å². The van der Waals surface area contributed by atoms with Crippen LogP contribution in [0.1, 0.15) is 17.2 Å². The van der Waals surface area contributed by atoms with Crippen LogP contribution in [0.2, 0.25) is 5.02 Å². The molecule has 1 aliphatic heterocycles. The molecule has 0 radical (unpaired) electrons. The Morgan fingerprint density at radius 3 is 2.31 bits per heavy atom. The van der Waals surface area contributed by atoms with Crippen LogP contribution >= 0.6 is 23.2 Å². The summed E-state index contributed by atoms with van der Waals surface area (Å²) in [6.45, 7) is 0. The molecular weight excluding hydrogens is 373 g/mol. The Bertz CT molecular complexity index is 807. The highest BCUT2D eigenvalue weighted by Gasteiger charge is 2.48. The molecule has 2 atom stereocenters. The van der Waals surface area contributed by atoms with Crippen LogP contribution in [0, 0.1) is 0 Å². The number of nitrogens with zero attached hydrogens (tertiary/aromatic N) is 2. The molecule has 1 saturated heterocycles. The van der Waals surface area contributed by atoms with E-state index in [1.807, 2.05) is 43.3 Å². The van der Waals surface area contributed by atoms with Gasteiger partial charge in [0.05, 0.1) is 6.42 Å². The largest absolute Gasteiger partial charge is 0.378 e. The number of alkyl halides is 1. The Balaban J connectivity index is 1.68. The number of anilines is 1. The summed E-state index contributed by atoms with van der Waals surface area (Å²) < 4.78 is 0. The summed E-state index contributed by atoms with van der Waals surface area (Å²) in [6.07, 6.45) is 0.153. The Labute approximate surface area is 162 Å². The maximum absolute atomic E-state index is 12.3. The number of β-lactam (4-membered cyclic amide) rings is 1. The molecule has 2 aromatic carbocycles. The second-order valence-corrected chi connectivity index (χ2v) is 7.29. The molecule has 0 bridgehead atoms. The first-order valence-corrected chi connectivity index (χ1v) is 8.96. The lowest BCUT2D eigenvalue weighted by atomic mass is 9.95. The predicted molar refractivity (Wildman–Crippen MR) is 103 cm³/mol. The first-order chi connectivity index (χ1) is 12.4. The van der Waals surface area contributed by atoms with Crippen LogP contribution in [0.15, 0.2) is 48.5 Å². The van der Waals surface area contributed by atoms with Crippen molar-refractivity contribution >= 4 is 40.7 Å². The standard InChI is InChI=1S/C19H19Cl2N3O2/c1-23(2)15-9-5-13(6-10-15)18-17(21)19(26)24(18)22-16(25)11-12-3-7-14(20)8-4-12/h3-10,17-18H,11H2,1-2H3,(H,22,25). The summed E-state index contributed by atoms with van der Waals surface area (Å²) in [5.74, 6) is -0.586. The lowest BCUT2D eigenvalue weighted by Gasteiger charge is -2.44. The van der Waals surface area contributed by atoms with Gasteiger partial charge in [-0.25, -0.2) is 5.01 Å². The van der Waals surface area contributed by atoms with Gasteiger partial charge in [-0.1, -0.05) is 35.9 Å². The maximum Gasteiger partial charge on any atom is 0.262 e. The highest BCUT2D eigenvalue weighted by atomic mass is 35.5. The number of carbonyl (C=O) groups excluding carboxylic acids is 2. The van der Waals surface area contributed by atoms with Crippen LogP contribution in [0.3, 0.4) is 0 Å². The Hall–Kier alpha value is -2.24. The van der Waals surface area contributed by atoms with Crippen LogP contribution in [0.4, 0.5) is 5.69 Å². The minimum Gasteiger partial charge on any atom is -0.378 e. The van der Waals surface area contributed by atoms with E-state index in [0.29, 0.717) is 5.02 Å². The van der Waals surface area contributed by atoms with Gasteiger partial charge in [-0.05, 0) is 35.4 Å². The highest BCUT2D eigenvalue weighted by molar-refractivity contribution is 6.33. The molecule has 1 N–H and O–H groups in total. The van der Waals surface area contributed by atoms with Crippen LogP contribution in [0.5, 0.6) is 0 Å². The summed E-state index contributed by atoms with van der Waals surface area (Å²) in [6, 6.07) is 14.4. The van der Waals surface area contributed by atoms with Gasteiger partial charge in [0.1, 0.15) is 11.4 Å². The Morgan fingerprint density at radius 1 is 1.12 bits per heavy atom. The van der Waals surface area contributed by atoms with Crippen molar-refractivity contribution < 1.29 is 9.59 Å². The van der Waals surface area contributed by atoms with E-state index in [-0.39, 0.29) is 24.3 Å². The van der Waals surface area contributed by atoms with Gasteiger partial charge in [-0.3, -0.25) is 15.0 Å². The molecule has 7 heteroatoms. The minimum absolute atomic E-state index is 0.153. The third-order valence-corrected chi connectivity index (χ3v) is 4.98. The summed E-state index contributed by atoms with van der Waals surface area (Å²) in [5, 5.41) is 1.23. The quantitative estimate of drug-likeness (QED) is 0.628. The van der Waals surface area contributed by atoms with Crippen molar-refractivity contribution in [2.45, 2.75) is 17.8 Å². The van der Waals surface area contributed by atoms with E-state index in [9.17, 15) is 9.59 Å². The number of hydrogen-bond acceptors (Lipinski definition) is 3. The number of halogens is 2. The summed E-state index contributed by atoms with van der Waals surface area (Å²) in [7, 11) is 3.91. The van der Waals surface area contributed by atoms with E-state index in [1.165, 1.54) is 5.01 Å². The Kier molecular flexibility index (Phi) is 5.39. The molecule has 1 fully saturated rings. The van der Waals surface area contributed by atoms with Crippen LogP contribution in [-0.4, -0.2) is 36.3 Å². The summed E-state index contributed by atoms with van der Waals surface area (Å²) in [5.41, 5.74) is 5.40. The van der Waals surface area contributed by atoms with E-state index >= 15 is 0 Å². The zero-order chi connectivity index (χ0) is 18.8. The molecule has 136 valence electrons. The number of nitrogens with one attached hydrogen (secondary N) is 1. The van der Waals surface area contributed by atoms with Gasteiger partial charge in [0.25, 0.3) is 5.91 Å². The van der Waals surface area contributed by atoms with E-state index in [2.05, 4.69) is 5.43 Å². The fourth-order valence-electron chi connectivity index (χ4n) is 2.83. The number of amides is 2. The molecule has 1 heterocycles. The van der Waals surface area contributed by atoms with Gasteiger partial charge in [0, 0.05) is 24.8 Å². The number of benzene rings is 2. The average Bonchev–Trinajstić information content (AvgIpc) is 2.63. The summed E-state index contributed by atoms with van der Waals surface area (Å²) in [4.78, 5) is 26.4. The third-order valence-electron chi connectivity index (χ3n) is 4.30. The first kappa shape index (κ1) is 18.5. The molecule has 1 aliphatic rings. The lowest BCUT2D eigenvalue weighted by Crippen LogP contribution is -2.63. The molecule has 2 unspecified atom stereocenters. The zero-order valence-corrected chi connectivity index (χ0v) is 16.0.